The number of hydrogen-bond donors (Lipinski definition) is 0. The predicted molar refractivity (Wildman–Crippen MR) is 83.0 cm³/mol. The molecule has 0 fully saturated rings. The lowest BCUT2D eigenvalue weighted by atomic mass is 10.1. The molecule has 0 spiro atoms. The number of aromatic nitrogens is 1. The van der Waals surface area contributed by atoms with Crippen molar-refractivity contribution < 1.29 is 9.53 Å². The number of pyridine rings is 1. The van der Waals surface area contributed by atoms with Gasteiger partial charge in [-0.3, -0.25) is 4.79 Å². The molecule has 0 aliphatic carbocycles. The van der Waals surface area contributed by atoms with E-state index in [0.717, 1.165) is 5.56 Å². The van der Waals surface area contributed by atoms with E-state index in [1.165, 1.54) is 6.20 Å². The van der Waals surface area contributed by atoms with Crippen LogP contribution in [0, 0.1) is 0 Å². The molecular formula is C15H14Cl2N2O2. The maximum atomic E-state index is 12.3. The molecule has 0 unspecified atom stereocenters. The van der Waals surface area contributed by atoms with Gasteiger partial charge in [0.25, 0.3) is 5.91 Å². The maximum absolute atomic E-state index is 12.3. The molecular weight excluding hydrogens is 311 g/mol. The summed E-state index contributed by atoms with van der Waals surface area (Å²) in [6, 6.07) is 8.53. The van der Waals surface area contributed by atoms with Crippen molar-refractivity contribution >= 4 is 29.1 Å². The van der Waals surface area contributed by atoms with Crippen molar-refractivity contribution in [2.45, 2.75) is 6.54 Å². The topological polar surface area (TPSA) is 42.4 Å². The Labute approximate surface area is 133 Å². The molecule has 0 saturated heterocycles. The first-order valence-corrected chi connectivity index (χ1v) is 6.96. The minimum atomic E-state index is -0.152. The Kier molecular flexibility index (Phi) is 5.04. The van der Waals surface area contributed by atoms with Crippen LogP contribution in [0.5, 0.6) is 5.75 Å². The lowest BCUT2D eigenvalue weighted by Gasteiger charge is -2.19. The Balaban J connectivity index is 2.17. The van der Waals surface area contributed by atoms with Crippen molar-refractivity contribution in [3.05, 3.63) is 57.8 Å². The van der Waals surface area contributed by atoms with Crippen LogP contribution >= 0.6 is 23.2 Å². The number of methoxy groups -OCH3 is 1. The van der Waals surface area contributed by atoms with Crippen molar-refractivity contribution in [2.24, 2.45) is 0 Å². The Morgan fingerprint density at radius 2 is 2.05 bits per heavy atom. The fourth-order valence-corrected chi connectivity index (χ4v) is 2.23. The Morgan fingerprint density at radius 1 is 1.29 bits per heavy atom. The molecule has 0 bridgehead atoms. The van der Waals surface area contributed by atoms with Crippen LogP contribution < -0.4 is 4.74 Å². The molecule has 0 saturated carbocycles. The zero-order chi connectivity index (χ0) is 15.4. The van der Waals surface area contributed by atoms with E-state index >= 15 is 0 Å². The average molecular weight is 325 g/mol. The largest absolute Gasteiger partial charge is 0.496 e. The molecule has 4 nitrogen and oxygen atoms in total. The second kappa shape index (κ2) is 6.78. The maximum Gasteiger partial charge on any atom is 0.255 e. The lowest BCUT2D eigenvalue weighted by molar-refractivity contribution is 0.0784. The summed E-state index contributed by atoms with van der Waals surface area (Å²) in [5.74, 6) is 0.537. The summed E-state index contributed by atoms with van der Waals surface area (Å²) < 4.78 is 5.28. The monoisotopic (exact) mass is 324 g/mol. The third-order valence-corrected chi connectivity index (χ3v) is 3.43. The molecule has 6 heteroatoms. The number of hydrogen-bond acceptors (Lipinski definition) is 3. The normalized spacial score (nSPS) is 10.3. The van der Waals surface area contributed by atoms with E-state index in [9.17, 15) is 4.79 Å². The second-order valence-electron chi connectivity index (χ2n) is 4.49. The van der Waals surface area contributed by atoms with Gasteiger partial charge in [0.1, 0.15) is 10.9 Å². The minimum Gasteiger partial charge on any atom is -0.496 e. The van der Waals surface area contributed by atoms with Crippen molar-refractivity contribution in [2.75, 3.05) is 14.2 Å². The van der Waals surface area contributed by atoms with E-state index in [0.29, 0.717) is 28.0 Å². The molecule has 1 aromatic heterocycles. The van der Waals surface area contributed by atoms with Gasteiger partial charge >= 0.3 is 0 Å². The van der Waals surface area contributed by atoms with Crippen molar-refractivity contribution in [3.63, 3.8) is 0 Å². The van der Waals surface area contributed by atoms with E-state index < -0.39 is 0 Å². The van der Waals surface area contributed by atoms with Gasteiger partial charge in [0.05, 0.1) is 12.7 Å². The summed E-state index contributed by atoms with van der Waals surface area (Å²) in [6.07, 6.45) is 1.45. The van der Waals surface area contributed by atoms with Gasteiger partial charge in [-0.05, 0) is 30.3 Å². The van der Waals surface area contributed by atoms with Crippen molar-refractivity contribution in [1.82, 2.24) is 9.88 Å². The molecule has 0 N–H and O–H groups in total. The fraction of sp³-hybridized carbons (Fsp3) is 0.200. The Hall–Kier alpha value is -1.78. The van der Waals surface area contributed by atoms with Crippen LogP contribution in [0.25, 0.3) is 0 Å². The van der Waals surface area contributed by atoms with Gasteiger partial charge in [0.2, 0.25) is 0 Å². The van der Waals surface area contributed by atoms with Crippen LogP contribution in [0.4, 0.5) is 0 Å². The van der Waals surface area contributed by atoms with Crippen LogP contribution in [-0.2, 0) is 6.54 Å². The van der Waals surface area contributed by atoms with E-state index in [-0.39, 0.29) is 5.91 Å². The summed E-state index contributed by atoms with van der Waals surface area (Å²) >= 11 is 11.7. The number of rotatable bonds is 4. The highest BCUT2D eigenvalue weighted by Gasteiger charge is 2.14. The van der Waals surface area contributed by atoms with Gasteiger partial charge in [-0.25, -0.2) is 4.98 Å². The number of carbonyl (C=O) groups excluding carboxylic acids is 1. The van der Waals surface area contributed by atoms with E-state index in [2.05, 4.69) is 4.98 Å². The summed E-state index contributed by atoms with van der Waals surface area (Å²) in [6.45, 7) is 0.380. The van der Waals surface area contributed by atoms with Crippen molar-refractivity contribution in [1.29, 1.82) is 0 Å². The van der Waals surface area contributed by atoms with E-state index in [1.807, 2.05) is 0 Å². The summed E-state index contributed by atoms with van der Waals surface area (Å²) in [4.78, 5) is 17.8. The summed E-state index contributed by atoms with van der Waals surface area (Å²) in [7, 11) is 3.29. The molecule has 21 heavy (non-hydrogen) atoms. The zero-order valence-corrected chi connectivity index (χ0v) is 13.1. The van der Waals surface area contributed by atoms with Gasteiger partial charge in [0.15, 0.2) is 0 Å². The van der Waals surface area contributed by atoms with Gasteiger partial charge < -0.3 is 9.64 Å². The third kappa shape index (κ3) is 3.86. The highest BCUT2D eigenvalue weighted by molar-refractivity contribution is 6.30. The smallest absolute Gasteiger partial charge is 0.255 e. The van der Waals surface area contributed by atoms with Gasteiger partial charge in [-0.2, -0.15) is 0 Å². The van der Waals surface area contributed by atoms with Gasteiger partial charge in [-0.15, -0.1) is 0 Å². The Morgan fingerprint density at radius 3 is 2.67 bits per heavy atom. The first-order chi connectivity index (χ1) is 10.0. The molecule has 0 aliphatic rings. The lowest BCUT2D eigenvalue weighted by Crippen LogP contribution is -2.26. The molecule has 1 amide bonds. The molecule has 2 rings (SSSR count). The minimum absolute atomic E-state index is 0.152. The number of halogens is 2. The number of nitrogens with zero attached hydrogens (tertiary/aromatic N) is 2. The third-order valence-electron chi connectivity index (χ3n) is 2.97. The molecule has 0 atom stereocenters. The fourth-order valence-electron chi connectivity index (χ4n) is 1.92. The van der Waals surface area contributed by atoms with Crippen LogP contribution in [0.3, 0.4) is 0 Å². The Bertz CT molecular complexity index is 645. The molecule has 110 valence electrons. The molecule has 2 aromatic rings. The van der Waals surface area contributed by atoms with Gasteiger partial charge in [-0.1, -0.05) is 23.2 Å². The summed E-state index contributed by atoms with van der Waals surface area (Å²) in [5, 5.41) is 0.950. The number of benzene rings is 1. The number of ether oxygens (including phenoxy) is 1. The first-order valence-electron chi connectivity index (χ1n) is 6.20. The standard InChI is InChI=1S/C15H14Cl2N2O2/c1-19(15(20)10-3-6-14(17)18-8-10)9-11-7-12(16)4-5-13(11)21-2/h3-8H,9H2,1-2H3. The second-order valence-corrected chi connectivity index (χ2v) is 5.31. The van der Waals surface area contributed by atoms with Crippen LogP contribution in [0.1, 0.15) is 15.9 Å². The molecule has 0 aliphatic heterocycles. The van der Waals surface area contributed by atoms with Crippen LogP contribution in [0.2, 0.25) is 10.2 Å². The average Bonchev–Trinajstić information content (AvgIpc) is 2.47. The highest BCUT2D eigenvalue weighted by Crippen LogP contribution is 2.24. The summed E-state index contributed by atoms with van der Waals surface area (Å²) in [5.41, 5.74) is 1.31. The van der Waals surface area contributed by atoms with E-state index in [1.54, 1.807) is 49.4 Å². The molecule has 1 heterocycles. The quantitative estimate of drug-likeness (QED) is 0.806. The molecule has 0 radical (unpaired) electrons. The van der Waals surface area contributed by atoms with E-state index in [4.69, 9.17) is 27.9 Å². The van der Waals surface area contributed by atoms with Crippen molar-refractivity contribution in [3.8, 4) is 5.75 Å². The zero-order valence-electron chi connectivity index (χ0n) is 11.6. The van der Waals surface area contributed by atoms with Gasteiger partial charge in [0, 0.05) is 30.4 Å². The first kappa shape index (κ1) is 15.6. The SMILES string of the molecule is COc1ccc(Cl)cc1CN(C)C(=O)c1ccc(Cl)nc1. The predicted octanol–water partition coefficient (Wildman–Crippen LogP) is 3.67. The number of carbonyl (C=O) groups is 1. The number of amides is 1. The molecule has 1 aromatic carbocycles. The highest BCUT2D eigenvalue weighted by atomic mass is 35.5. The van der Waals surface area contributed by atoms with Crippen LogP contribution in [-0.4, -0.2) is 29.9 Å². The van der Waals surface area contributed by atoms with Crippen LogP contribution in [0.15, 0.2) is 36.5 Å².